The summed E-state index contributed by atoms with van der Waals surface area (Å²) in [4.78, 5) is 30.3. The number of hydrogen-bond donors (Lipinski definition) is 4. The highest BCUT2D eigenvalue weighted by Crippen LogP contribution is 2.26. The number of aromatic nitrogens is 2. The summed E-state index contributed by atoms with van der Waals surface area (Å²) >= 11 is 3.32. The zero-order valence-electron chi connectivity index (χ0n) is 18.5. The van der Waals surface area contributed by atoms with Crippen LogP contribution in [0.2, 0.25) is 0 Å². The third kappa shape index (κ3) is 8.34. The topological polar surface area (TPSA) is 108 Å². The summed E-state index contributed by atoms with van der Waals surface area (Å²) < 4.78 is 74.2. The van der Waals surface area contributed by atoms with Gasteiger partial charge in [-0.3, -0.25) is 9.59 Å². The number of alkyl halides is 6. The van der Waals surface area contributed by atoms with Crippen molar-refractivity contribution in [3.05, 3.63) is 70.3 Å². The molecule has 2 amide bonds. The van der Waals surface area contributed by atoms with E-state index in [1.165, 1.54) is 30.5 Å². The van der Waals surface area contributed by atoms with Crippen molar-refractivity contribution in [2.24, 2.45) is 0 Å². The Balaban J connectivity index is 1.59. The lowest BCUT2D eigenvalue weighted by atomic mass is 10.2. The standard InChI is InChI=1S/C22H17BrF6N6O2/c23-16-11-32-20(34-15-7-3-13(4-8-15)10-31-19(37)22(27,28)29)35-17(16)33-14-5-1-12(2-6-14)9-30-18(36)21(24,25)26/h1-8,11H,9-10H2,(H,30,36)(H,31,37)(H2,32,33,34,35). The van der Waals surface area contributed by atoms with E-state index >= 15 is 0 Å². The van der Waals surface area contributed by atoms with Gasteiger partial charge < -0.3 is 21.3 Å². The van der Waals surface area contributed by atoms with E-state index in [4.69, 9.17) is 0 Å². The lowest BCUT2D eigenvalue weighted by molar-refractivity contribution is -0.173. The van der Waals surface area contributed by atoms with E-state index in [0.717, 1.165) is 0 Å². The van der Waals surface area contributed by atoms with Gasteiger partial charge in [0.2, 0.25) is 5.95 Å². The van der Waals surface area contributed by atoms with Crippen LogP contribution in [0.5, 0.6) is 0 Å². The van der Waals surface area contributed by atoms with Gasteiger partial charge in [0, 0.05) is 30.7 Å². The first-order valence-corrected chi connectivity index (χ1v) is 11.0. The lowest BCUT2D eigenvalue weighted by Gasteiger charge is -2.12. The Kier molecular flexibility index (Phi) is 8.57. The highest BCUT2D eigenvalue weighted by atomic mass is 79.9. The number of hydrogen-bond acceptors (Lipinski definition) is 6. The van der Waals surface area contributed by atoms with E-state index in [9.17, 15) is 35.9 Å². The third-order valence-electron chi connectivity index (χ3n) is 4.59. The fourth-order valence-corrected chi connectivity index (χ4v) is 3.05. The van der Waals surface area contributed by atoms with Gasteiger partial charge in [-0.2, -0.15) is 31.3 Å². The minimum Gasteiger partial charge on any atom is -0.344 e. The SMILES string of the molecule is O=C(NCc1ccc(Nc2ncc(Br)c(Nc3ccc(CNC(=O)C(F)(F)F)cc3)n2)cc1)C(F)(F)F. The number of carbonyl (C=O) groups is 2. The largest absolute Gasteiger partial charge is 0.471 e. The Bertz CT molecular complexity index is 1250. The van der Waals surface area contributed by atoms with E-state index < -0.39 is 24.2 Å². The Morgan fingerprint density at radius 2 is 1.16 bits per heavy atom. The summed E-state index contributed by atoms with van der Waals surface area (Å²) in [6.45, 7) is -0.591. The molecule has 0 aliphatic rings. The van der Waals surface area contributed by atoms with Crippen LogP contribution in [0.15, 0.2) is 59.2 Å². The molecule has 8 nitrogen and oxygen atoms in total. The molecule has 0 unspecified atom stereocenters. The van der Waals surface area contributed by atoms with E-state index in [0.29, 0.717) is 32.8 Å². The average molecular weight is 591 g/mol. The highest BCUT2D eigenvalue weighted by molar-refractivity contribution is 9.10. The fraction of sp³-hybridized carbons (Fsp3) is 0.182. The molecule has 0 bridgehead atoms. The zero-order chi connectivity index (χ0) is 27.2. The summed E-state index contributed by atoms with van der Waals surface area (Å²) in [7, 11) is 0. The second-order valence-corrected chi connectivity index (χ2v) is 8.25. The number of nitrogens with zero attached hydrogens (tertiary/aromatic N) is 2. The number of nitrogens with one attached hydrogen (secondary N) is 4. The lowest BCUT2D eigenvalue weighted by Crippen LogP contribution is -2.36. The molecule has 0 atom stereocenters. The maximum Gasteiger partial charge on any atom is 0.471 e. The molecular weight excluding hydrogens is 574 g/mol. The molecule has 0 radical (unpaired) electrons. The van der Waals surface area contributed by atoms with Gasteiger partial charge in [-0.1, -0.05) is 24.3 Å². The van der Waals surface area contributed by atoms with Gasteiger partial charge in [0.1, 0.15) is 5.82 Å². The van der Waals surface area contributed by atoms with E-state index in [1.807, 2.05) is 0 Å². The predicted molar refractivity (Wildman–Crippen MR) is 125 cm³/mol. The monoisotopic (exact) mass is 590 g/mol. The van der Waals surface area contributed by atoms with Gasteiger partial charge in [-0.05, 0) is 51.3 Å². The van der Waals surface area contributed by atoms with Gasteiger partial charge in [0.15, 0.2) is 0 Å². The van der Waals surface area contributed by atoms with Crippen LogP contribution in [0, 0.1) is 0 Å². The molecule has 2 aromatic carbocycles. The molecule has 15 heteroatoms. The summed E-state index contributed by atoms with van der Waals surface area (Å²) in [5, 5.41) is 9.53. The molecule has 0 saturated carbocycles. The number of amides is 2. The molecule has 1 aromatic heterocycles. The van der Waals surface area contributed by atoms with Crippen molar-refractivity contribution >= 4 is 50.9 Å². The highest BCUT2D eigenvalue weighted by Gasteiger charge is 2.38. The first kappa shape index (κ1) is 27.7. The maximum absolute atomic E-state index is 12.3. The minimum atomic E-state index is -4.96. The Morgan fingerprint density at radius 1 is 0.730 bits per heavy atom. The zero-order valence-corrected chi connectivity index (χ0v) is 20.1. The molecule has 0 fully saturated rings. The van der Waals surface area contributed by atoms with Gasteiger partial charge >= 0.3 is 24.2 Å². The fourth-order valence-electron chi connectivity index (χ4n) is 2.76. The number of carbonyl (C=O) groups excluding carboxylic acids is 2. The van der Waals surface area contributed by atoms with Crippen molar-refractivity contribution in [3.63, 3.8) is 0 Å². The Labute approximate surface area is 214 Å². The normalized spacial score (nSPS) is 11.5. The Hall–Kier alpha value is -3.88. The minimum absolute atomic E-state index is 0.190. The molecule has 0 aliphatic carbocycles. The van der Waals surface area contributed by atoms with Crippen LogP contribution in [0.3, 0.4) is 0 Å². The molecule has 1 heterocycles. The molecule has 0 aliphatic heterocycles. The second-order valence-electron chi connectivity index (χ2n) is 7.39. The first-order chi connectivity index (χ1) is 17.3. The quantitative estimate of drug-likeness (QED) is 0.272. The van der Waals surface area contributed by atoms with Gasteiger partial charge in [-0.25, -0.2) is 4.98 Å². The van der Waals surface area contributed by atoms with Crippen molar-refractivity contribution in [1.82, 2.24) is 20.6 Å². The first-order valence-electron chi connectivity index (χ1n) is 10.3. The van der Waals surface area contributed by atoms with Crippen LogP contribution in [-0.2, 0) is 22.7 Å². The summed E-state index contributed by atoms with van der Waals surface area (Å²) in [6.07, 6.45) is -8.44. The van der Waals surface area contributed by atoms with Crippen molar-refractivity contribution < 1.29 is 35.9 Å². The van der Waals surface area contributed by atoms with Gasteiger partial charge in [-0.15, -0.1) is 0 Å². The molecule has 4 N–H and O–H groups in total. The summed E-state index contributed by atoms with van der Waals surface area (Å²) in [6, 6.07) is 12.4. The third-order valence-corrected chi connectivity index (χ3v) is 5.17. The second kappa shape index (κ2) is 11.5. The molecular formula is C22H17BrF6N6O2. The van der Waals surface area contributed by atoms with Crippen LogP contribution in [-0.4, -0.2) is 34.1 Å². The van der Waals surface area contributed by atoms with Crippen LogP contribution >= 0.6 is 15.9 Å². The van der Waals surface area contributed by atoms with E-state index in [-0.39, 0.29) is 19.0 Å². The van der Waals surface area contributed by atoms with Crippen LogP contribution < -0.4 is 21.3 Å². The van der Waals surface area contributed by atoms with E-state index in [1.54, 1.807) is 34.9 Å². The molecule has 3 rings (SSSR count). The number of rotatable bonds is 8. The molecule has 0 saturated heterocycles. The van der Waals surface area contributed by atoms with Crippen LogP contribution in [0.25, 0.3) is 0 Å². The van der Waals surface area contributed by atoms with Gasteiger partial charge in [0.25, 0.3) is 0 Å². The summed E-state index contributed by atoms with van der Waals surface area (Å²) in [5.74, 6) is -3.50. The van der Waals surface area contributed by atoms with Crippen LogP contribution in [0.4, 0.5) is 49.5 Å². The van der Waals surface area contributed by atoms with Crippen molar-refractivity contribution in [3.8, 4) is 0 Å². The maximum atomic E-state index is 12.3. The van der Waals surface area contributed by atoms with Crippen molar-refractivity contribution in [2.45, 2.75) is 25.4 Å². The summed E-state index contributed by atoms with van der Waals surface area (Å²) in [5.41, 5.74) is 1.99. The van der Waals surface area contributed by atoms with E-state index in [2.05, 4.69) is 36.5 Å². The average Bonchev–Trinajstić information content (AvgIpc) is 2.83. The molecule has 196 valence electrons. The predicted octanol–water partition coefficient (Wildman–Crippen LogP) is 5.08. The van der Waals surface area contributed by atoms with Gasteiger partial charge in [0.05, 0.1) is 4.47 Å². The molecule has 3 aromatic rings. The smallest absolute Gasteiger partial charge is 0.344 e. The van der Waals surface area contributed by atoms with Crippen molar-refractivity contribution in [2.75, 3.05) is 10.6 Å². The molecule has 0 spiro atoms. The number of benzene rings is 2. The number of halogens is 7. The Morgan fingerprint density at radius 3 is 1.59 bits per heavy atom. The van der Waals surface area contributed by atoms with Crippen molar-refractivity contribution in [1.29, 1.82) is 0 Å². The molecule has 37 heavy (non-hydrogen) atoms. The number of anilines is 4. The van der Waals surface area contributed by atoms with Crippen LogP contribution in [0.1, 0.15) is 11.1 Å².